The maximum atomic E-state index is 12.7. The van der Waals surface area contributed by atoms with Gasteiger partial charge in [-0.15, -0.1) is 6.58 Å². The molecule has 26 heavy (non-hydrogen) atoms. The van der Waals surface area contributed by atoms with Crippen LogP contribution in [0.3, 0.4) is 0 Å². The Morgan fingerprint density at radius 3 is 2.50 bits per heavy atom. The van der Waals surface area contributed by atoms with E-state index in [4.69, 9.17) is 0 Å². The molecule has 2 heterocycles. The lowest BCUT2D eigenvalue weighted by atomic mass is 9.85. The molecule has 1 aromatic heterocycles. The Bertz CT molecular complexity index is 970. The molecular weight excluding hydrogens is 326 g/mol. The largest absolute Gasteiger partial charge is 0.343 e. The maximum absolute atomic E-state index is 12.7. The van der Waals surface area contributed by atoms with E-state index in [1.807, 2.05) is 36.5 Å². The predicted octanol–water partition coefficient (Wildman–Crippen LogP) is 2.97. The Morgan fingerprint density at radius 1 is 1.12 bits per heavy atom. The van der Waals surface area contributed by atoms with Gasteiger partial charge in [-0.2, -0.15) is 10.1 Å². The quantitative estimate of drug-likeness (QED) is 0.486. The Hall–Kier alpha value is -2.95. The van der Waals surface area contributed by atoms with Crippen molar-refractivity contribution in [3.63, 3.8) is 0 Å². The number of nitrogens with zero attached hydrogens (tertiary/aromatic N) is 3. The van der Waals surface area contributed by atoms with Crippen molar-refractivity contribution in [3.8, 4) is 0 Å². The summed E-state index contributed by atoms with van der Waals surface area (Å²) in [7, 11) is 0. The second-order valence-electron chi connectivity index (χ2n) is 7.28. The average molecular weight is 345 g/mol. The van der Waals surface area contributed by atoms with Crippen LogP contribution < -0.4 is 0 Å². The SMILES string of the molecule is C=CCn1cc(/C=N\N2C(=O)C3C4C=CC(C4)C3C2=O)c2ccccc21. The number of carbonyl (C=O) groups excluding carboxylic acids is 2. The molecule has 2 fully saturated rings. The fourth-order valence-corrected chi connectivity index (χ4v) is 4.79. The second-order valence-corrected chi connectivity index (χ2v) is 7.28. The molecule has 0 radical (unpaired) electrons. The van der Waals surface area contributed by atoms with Crippen molar-refractivity contribution in [2.45, 2.75) is 13.0 Å². The molecule has 3 aliphatic rings. The fraction of sp³-hybridized carbons (Fsp3) is 0.286. The number of fused-ring (bicyclic) bond motifs is 6. The van der Waals surface area contributed by atoms with E-state index < -0.39 is 0 Å². The molecule has 2 bridgehead atoms. The third kappa shape index (κ3) is 2.00. The number of hydrogen-bond donors (Lipinski definition) is 0. The van der Waals surface area contributed by atoms with E-state index in [-0.39, 0.29) is 35.5 Å². The maximum Gasteiger partial charge on any atom is 0.254 e. The number of rotatable bonds is 4. The first kappa shape index (κ1) is 15.3. The highest BCUT2D eigenvalue weighted by molar-refractivity contribution is 6.07. The molecule has 1 saturated carbocycles. The van der Waals surface area contributed by atoms with Crippen molar-refractivity contribution < 1.29 is 9.59 Å². The summed E-state index contributed by atoms with van der Waals surface area (Å²) in [4.78, 5) is 25.4. The van der Waals surface area contributed by atoms with Gasteiger partial charge >= 0.3 is 0 Å². The molecule has 1 saturated heterocycles. The molecule has 5 rings (SSSR count). The molecule has 2 aliphatic carbocycles. The van der Waals surface area contributed by atoms with Crippen LogP contribution in [0.4, 0.5) is 0 Å². The van der Waals surface area contributed by atoms with Gasteiger partial charge in [0, 0.05) is 29.2 Å². The van der Waals surface area contributed by atoms with Gasteiger partial charge in [0.1, 0.15) is 0 Å². The number of amides is 2. The molecule has 130 valence electrons. The highest BCUT2D eigenvalue weighted by Crippen LogP contribution is 2.52. The molecular formula is C21H19N3O2. The zero-order valence-corrected chi connectivity index (χ0v) is 14.3. The highest BCUT2D eigenvalue weighted by atomic mass is 16.2. The molecule has 1 aliphatic heterocycles. The van der Waals surface area contributed by atoms with Gasteiger partial charge in [-0.25, -0.2) is 0 Å². The van der Waals surface area contributed by atoms with Crippen LogP contribution in [0.1, 0.15) is 12.0 Å². The third-order valence-electron chi connectivity index (χ3n) is 5.90. The summed E-state index contributed by atoms with van der Waals surface area (Å²) in [6.07, 6.45) is 10.6. The molecule has 5 nitrogen and oxygen atoms in total. The van der Waals surface area contributed by atoms with E-state index in [1.165, 1.54) is 0 Å². The lowest BCUT2D eigenvalue weighted by molar-refractivity contribution is -0.140. The summed E-state index contributed by atoms with van der Waals surface area (Å²) >= 11 is 0. The Kier molecular flexibility index (Phi) is 3.26. The monoisotopic (exact) mass is 345 g/mol. The Balaban J connectivity index is 1.48. The van der Waals surface area contributed by atoms with E-state index in [2.05, 4.69) is 28.4 Å². The number of hydrazone groups is 1. The number of aromatic nitrogens is 1. The van der Waals surface area contributed by atoms with Gasteiger partial charge < -0.3 is 4.57 Å². The van der Waals surface area contributed by atoms with Gasteiger partial charge in [0.05, 0.1) is 18.1 Å². The first-order valence-electron chi connectivity index (χ1n) is 8.98. The van der Waals surface area contributed by atoms with E-state index in [0.717, 1.165) is 27.9 Å². The van der Waals surface area contributed by atoms with Crippen LogP contribution in [-0.2, 0) is 16.1 Å². The lowest BCUT2D eigenvalue weighted by Crippen LogP contribution is -2.28. The zero-order valence-electron chi connectivity index (χ0n) is 14.3. The molecule has 2 amide bonds. The van der Waals surface area contributed by atoms with Crippen molar-refractivity contribution in [3.05, 3.63) is 60.8 Å². The lowest BCUT2D eigenvalue weighted by Gasteiger charge is -2.13. The molecule has 2 aromatic rings. The first-order valence-corrected chi connectivity index (χ1v) is 8.98. The number of para-hydroxylation sites is 1. The van der Waals surface area contributed by atoms with Crippen molar-refractivity contribution in [1.82, 2.24) is 9.58 Å². The van der Waals surface area contributed by atoms with Gasteiger partial charge in [0.15, 0.2) is 0 Å². The molecule has 4 atom stereocenters. The third-order valence-corrected chi connectivity index (χ3v) is 5.90. The summed E-state index contributed by atoms with van der Waals surface area (Å²) in [5.74, 6) is -0.313. The number of carbonyl (C=O) groups is 2. The minimum atomic E-state index is -0.211. The van der Waals surface area contributed by atoms with Crippen LogP contribution in [0.25, 0.3) is 10.9 Å². The average Bonchev–Trinajstić information content (AvgIpc) is 3.39. The van der Waals surface area contributed by atoms with Crippen molar-refractivity contribution in [2.24, 2.45) is 28.8 Å². The van der Waals surface area contributed by atoms with Gasteiger partial charge in [-0.1, -0.05) is 36.4 Å². The van der Waals surface area contributed by atoms with Crippen LogP contribution in [0, 0.1) is 23.7 Å². The number of benzene rings is 1. The minimum absolute atomic E-state index is 0.150. The summed E-state index contributed by atoms with van der Waals surface area (Å²) in [6.45, 7) is 4.49. The molecule has 4 unspecified atom stereocenters. The van der Waals surface area contributed by atoms with Crippen molar-refractivity contribution in [1.29, 1.82) is 0 Å². The first-order chi connectivity index (χ1) is 12.7. The Morgan fingerprint density at radius 2 is 1.81 bits per heavy atom. The van der Waals surface area contributed by atoms with Crippen molar-refractivity contribution in [2.75, 3.05) is 0 Å². The zero-order chi connectivity index (χ0) is 17.8. The number of hydrogen-bond acceptors (Lipinski definition) is 3. The summed E-state index contributed by atoms with van der Waals surface area (Å²) in [6, 6.07) is 8.01. The molecule has 0 spiro atoms. The fourth-order valence-electron chi connectivity index (χ4n) is 4.79. The van der Waals surface area contributed by atoms with Gasteiger partial charge in [-0.3, -0.25) is 9.59 Å². The van der Waals surface area contributed by atoms with E-state index in [1.54, 1.807) is 6.21 Å². The van der Waals surface area contributed by atoms with E-state index in [0.29, 0.717) is 6.54 Å². The van der Waals surface area contributed by atoms with Gasteiger partial charge in [0.2, 0.25) is 0 Å². The number of imide groups is 1. The van der Waals surface area contributed by atoms with Gasteiger partial charge in [0.25, 0.3) is 11.8 Å². The normalized spacial score (nSPS) is 29.5. The molecule has 0 N–H and O–H groups in total. The summed E-state index contributed by atoms with van der Waals surface area (Å²) in [5, 5.41) is 6.44. The van der Waals surface area contributed by atoms with Crippen LogP contribution in [0.15, 0.2) is 60.4 Å². The number of allylic oxidation sites excluding steroid dienone is 3. The summed E-state index contributed by atoms with van der Waals surface area (Å²) in [5.41, 5.74) is 1.97. The second kappa shape index (κ2) is 5.53. The standard InChI is InChI=1S/C21H19N3O2/c1-2-9-23-12-15(16-5-3-4-6-17(16)23)11-22-24-20(25)18-13-7-8-14(10-13)19(18)21(24)26/h2-8,11-14,18-19H,1,9-10H2/b22-11-. The predicted molar refractivity (Wildman–Crippen MR) is 99.3 cm³/mol. The smallest absolute Gasteiger partial charge is 0.254 e. The topological polar surface area (TPSA) is 54.7 Å². The summed E-state index contributed by atoms with van der Waals surface area (Å²) < 4.78 is 2.08. The minimum Gasteiger partial charge on any atom is -0.343 e. The van der Waals surface area contributed by atoms with E-state index in [9.17, 15) is 9.59 Å². The van der Waals surface area contributed by atoms with Gasteiger partial charge in [-0.05, 0) is 24.3 Å². The van der Waals surface area contributed by atoms with Crippen LogP contribution in [0.5, 0.6) is 0 Å². The Labute approximate surface area is 151 Å². The highest BCUT2D eigenvalue weighted by Gasteiger charge is 2.59. The molecule has 1 aromatic carbocycles. The van der Waals surface area contributed by atoms with E-state index >= 15 is 0 Å². The van der Waals surface area contributed by atoms with Crippen LogP contribution in [-0.4, -0.2) is 27.6 Å². The molecule has 5 heteroatoms. The van der Waals surface area contributed by atoms with Crippen LogP contribution in [0.2, 0.25) is 0 Å². The van der Waals surface area contributed by atoms with Crippen molar-refractivity contribution >= 4 is 28.9 Å². The van der Waals surface area contributed by atoms with Crippen LogP contribution >= 0.6 is 0 Å².